The van der Waals surface area contributed by atoms with Gasteiger partial charge >= 0.3 is 0 Å². The lowest BCUT2D eigenvalue weighted by Gasteiger charge is -2.02. The van der Waals surface area contributed by atoms with Crippen LogP contribution in [0.4, 0.5) is 0 Å². The highest BCUT2D eigenvalue weighted by molar-refractivity contribution is 5.96. The van der Waals surface area contributed by atoms with E-state index in [-0.39, 0.29) is 24.5 Å². The van der Waals surface area contributed by atoms with Crippen LogP contribution in [-0.4, -0.2) is 24.2 Å². The van der Waals surface area contributed by atoms with E-state index < -0.39 is 5.91 Å². The van der Waals surface area contributed by atoms with Gasteiger partial charge in [0, 0.05) is 6.54 Å². The van der Waals surface area contributed by atoms with Crippen molar-refractivity contribution in [3.8, 4) is 5.75 Å². The second-order valence-electron chi connectivity index (χ2n) is 2.48. The van der Waals surface area contributed by atoms with Gasteiger partial charge in [-0.3, -0.25) is 9.90 Å². The smallest absolute Gasteiger partial charge is 0.255 e. The molecule has 0 unspecified atom stereocenters. The molecule has 2 N–H and O–H groups in total. The molecular formula is C9H10NO3. The minimum atomic E-state index is -0.445. The van der Waals surface area contributed by atoms with E-state index in [0.717, 1.165) is 0 Å². The maximum Gasteiger partial charge on any atom is 0.255 e. The average molecular weight is 180 g/mol. The molecule has 1 aromatic carbocycles. The minimum absolute atomic E-state index is 0.107. The fraction of sp³-hybridized carbons (Fsp3) is 0.222. The Morgan fingerprint density at radius 3 is 2.69 bits per heavy atom. The molecule has 4 heteroatoms. The normalized spacial score (nSPS) is 9.62. The highest BCUT2D eigenvalue weighted by Gasteiger charge is 2.09. The van der Waals surface area contributed by atoms with Crippen molar-refractivity contribution >= 4 is 5.91 Å². The topological polar surface area (TPSA) is 69.2 Å². The van der Waals surface area contributed by atoms with Crippen molar-refractivity contribution in [1.82, 2.24) is 5.32 Å². The zero-order valence-electron chi connectivity index (χ0n) is 6.99. The molecule has 13 heavy (non-hydrogen) atoms. The Morgan fingerprint density at radius 1 is 1.38 bits per heavy atom. The van der Waals surface area contributed by atoms with Crippen LogP contribution in [0.15, 0.2) is 24.3 Å². The molecule has 0 atom stereocenters. The number of hydrogen-bond acceptors (Lipinski definition) is 2. The molecule has 1 aromatic rings. The van der Waals surface area contributed by atoms with Crippen LogP contribution in [-0.2, 0) is 5.11 Å². The van der Waals surface area contributed by atoms with Gasteiger partial charge in [0.25, 0.3) is 5.91 Å². The van der Waals surface area contributed by atoms with Gasteiger partial charge in [-0.15, -0.1) is 0 Å². The standard InChI is InChI=1S/C9H10NO3/c11-6-5-10-9(13)7-3-1-2-4-8(7)12/h1-4,11H,5-6H2,(H,10,13). The molecule has 0 saturated heterocycles. The van der Waals surface area contributed by atoms with E-state index in [2.05, 4.69) is 5.32 Å². The molecule has 0 fully saturated rings. The summed E-state index contributed by atoms with van der Waals surface area (Å²) in [5.41, 5.74) is 0.107. The molecule has 0 aliphatic rings. The lowest BCUT2D eigenvalue weighted by atomic mass is 10.2. The third-order valence-corrected chi connectivity index (χ3v) is 1.53. The van der Waals surface area contributed by atoms with Gasteiger partial charge in [0.15, 0.2) is 5.75 Å². The lowest BCUT2D eigenvalue weighted by Crippen LogP contribution is -2.26. The summed E-state index contributed by atoms with van der Waals surface area (Å²) in [4.78, 5) is 11.2. The maximum atomic E-state index is 11.2. The number of nitrogens with one attached hydrogen (secondary N) is 1. The SMILES string of the molecule is [O]c1ccccc1C(=O)NCCO. The second kappa shape index (κ2) is 4.47. The first-order valence-corrected chi connectivity index (χ1v) is 3.91. The van der Waals surface area contributed by atoms with Crippen molar-refractivity contribution in [2.45, 2.75) is 0 Å². The number of benzene rings is 1. The van der Waals surface area contributed by atoms with Gasteiger partial charge in [0.1, 0.15) is 0 Å². The van der Waals surface area contributed by atoms with E-state index in [1.807, 2.05) is 0 Å². The van der Waals surface area contributed by atoms with Crippen LogP contribution >= 0.6 is 0 Å². The van der Waals surface area contributed by atoms with Crippen LogP contribution in [0.2, 0.25) is 0 Å². The minimum Gasteiger partial charge on any atom is -0.395 e. The van der Waals surface area contributed by atoms with E-state index in [4.69, 9.17) is 5.11 Å². The van der Waals surface area contributed by atoms with Crippen molar-refractivity contribution in [3.63, 3.8) is 0 Å². The first-order chi connectivity index (χ1) is 6.25. The summed E-state index contributed by atoms with van der Waals surface area (Å²) in [6.07, 6.45) is 0. The summed E-state index contributed by atoms with van der Waals surface area (Å²) in [6.45, 7) is 0.0277. The van der Waals surface area contributed by atoms with Crippen molar-refractivity contribution in [2.24, 2.45) is 0 Å². The third kappa shape index (κ3) is 2.45. The number of carbonyl (C=O) groups is 1. The maximum absolute atomic E-state index is 11.2. The first-order valence-electron chi connectivity index (χ1n) is 3.91. The Balaban J connectivity index is 2.71. The zero-order valence-corrected chi connectivity index (χ0v) is 6.99. The second-order valence-corrected chi connectivity index (χ2v) is 2.48. The van der Waals surface area contributed by atoms with E-state index >= 15 is 0 Å². The summed E-state index contributed by atoms with van der Waals surface area (Å²) in [5, 5.41) is 21.9. The van der Waals surface area contributed by atoms with Crippen molar-refractivity contribution in [3.05, 3.63) is 29.8 Å². The van der Waals surface area contributed by atoms with Crippen LogP contribution in [0.25, 0.3) is 0 Å². The first kappa shape index (κ1) is 9.54. The molecule has 0 aromatic heterocycles. The van der Waals surface area contributed by atoms with Gasteiger partial charge in [-0.25, -0.2) is 0 Å². The Hall–Kier alpha value is -1.55. The van der Waals surface area contributed by atoms with Gasteiger partial charge in [-0.1, -0.05) is 12.1 Å². The van der Waals surface area contributed by atoms with Crippen LogP contribution in [0.5, 0.6) is 5.75 Å². The highest BCUT2D eigenvalue weighted by atomic mass is 16.3. The van der Waals surface area contributed by atoms with E-state index in [1.54, 1.807) is 12.1 Å². The van der Waals surface area contributed by atoms with Crippen molar-refractivity contribution in [2.75, 3.05) is 13.2 Å². The predicted octanol–water partition coefficient (Wildman–Crippen LogP) is 0.552. The fourth-order valence-corrected chi connectivity index (χ4v) is 0.919. The lowest BCUT2D eigenvalue weighted by molar-refractivity contribution is 0.0940. The molecule has 4 nitrogen and oxygen atoms in total. The number of aliphatic hydroxyl groups is 1. The van der Waals surface area contributed by atoms with Gasteiger partial charge in [0.05, 0.1) is 12.2 Å². The van der Waals surface area contributed by atoms with Crippen molar-refractivity contribution in [1.29, 1.82) is 0 Å². The van der Waals surface area contributed by atoms with E-state index in [0.29, 0.717) is 0 Å². The number of hydrogen-bond donors (Lipinski definition) is 2. The average Bonchev–Trinajstić information content (AvgIpc) is 2.15. The van der Waals surface area contributed by atoms with Gasteiger partial charge in [-0.2, -0.15) is 0 Å². The molecule has 0 heterocycles. The van der Waals surface area contributed by atoms with Gasteiger partial charge < -0.3 is 10.4 Å². The molecule has 1 rings (SSSR count). The number of rotatable bonds is 3. The number of para-hydroxylation sites is 1. The fourth-order valence-electron chi connectivity index (χ4n) is 0.919. The third-order valence-electron chi connectivity index (χ3n) is 1.53. The Bertz CT molecular complexity index is 299. The molecule has 0 spiro atoms. The van der Waals surface area contributed by atoms with Crippen molar-refractivity contribution < 1.29 is 15.0 Å². The Morgan fingerprint density at radius 2 is 2.08 bits per heavy atom. The molecule has 69 valence electrons. The highest BCUT2D eigenvalue weighted by Crippen LogP contribution is 2.15. The summed E-state index contributed by atoms with van der Waals surface area (Å²) >= 11 is 0. The molecule has 0 aliphatic carbocycles. The summed E-state index contributed by atoms with van der Waals surface area (Å²) in [6, 6.07) is 5.98. The van der Waals surface area contributed by atoms with Crippen LogP contribution in [0.1, 0.15) is 10.4 Å². The van der Waals surface area contributed by atoms with Crippen LogP contribution < -0.4 is 5.32 Å². The van der Waals surface area contributed by atoms with Crippen LogP contribution in [0, 0.1) is 0 Å². The molecule has 1 radical (unpaired) electrons. The Labute approximate surface area is 75.8 Å². The Kier molecular flexibility index (Phi) is 3.28. The molecular weight excluding hydrogens is 170 g/mol. The van der Waals surface area contributed by atoms with Crippen LogP contribution in [0.3, 0.4) is 0 Å². The molecule has 1 amide bonds. The zero-order chi connectivity index (χ0) is 9.68. The van der Waals surface area contributed by atoms with Gasteiger partial charge in [0.2, 0.25) is 0 Å². The quantitative estimate of drug-likeness (QED) is 0.713. The number of carbonyl (C=O) groups excluding carboxylic acids is 1. The van der Waals surface area contributed by atoms with E-state index in [9.17, 15) is 9.90 Å². The number of aliphatic hydroxyl groups excluding tert-OH is 1. The predicted molar refractivity (Wildman–Crippen MR) is 46.0 cm³/mol. The van der Waals surface area contributed by atoms with E-state index in [1.165, 1.54) is 12.1 Å². The van der Waals surface area contributed by atoms with Gasteiger partial charge in [-0.05, 0) is 12.1 Å². The molecule has 0 bridgehead atoms. The largest absolute Gasteiger partial charge is 0.395 e. The molecule has 0 saturated carbocycles. The summed E-state index contributed by atoms with van der Waals surface area (Å²) < 4.78 is 0. The number of amides is 1. The summed E-state index contributed by atoms with van der Waals surface area (Å²) in [5.74, 6) is -0.752. The molecule has 0 aliphatic heterocycles. The summed E-state index contributed by atoms with van der Waals surface area (Å²) in [7, 11) is 0. The monoisotopic (exact) mass is 180 g/mol.